The number of halogens is 2. The molecule has 3 aromatic heterocycles. The number of methoxy groups -OCH3 is 1. The average Bonchev–Trinajstić information content (AvgIpc) is 2.73. The SMILES string of the molecule is COc1c(Cc2c(C)c3ccc(Oc4ncccc4F)cc3oc2=O)ccnc1Br. The molecule has 0 N–H and O–H groups in total. The van der Waals surface area contributed by atoms with Gasteiger partial charge in [0.15, 0.2) is 11.6 Å². The maximum atomic E-state index is 13.8. The second-order valence-electron chi connectivity index (χ2n) is 6.51. The van der Waals surface area contributed by atoms with Crippen molar-refractivity contribution in [3.05, 3.63) is 86.3 Å². The highest BCUT2D eigenvalue weighted by molar-refractivity contribution is 9.10. The smallest absolute Gasteiger partial charge is 0.340 e. The van der Waals surface area contributed by atoms with E-state index in [0.29, 0.717) is 33.7 Å². The predicted molar refractivity (Wildman–Crippen MR) is 113 cm³/mol. The summed E-state index contributed by atoms with van der Waals surface area (Å²) in [6, 6.07) is 9.52. The Morgan fingerprint density at radius 3 is 2.77 bits per heavy atom. The first-order chi connectivity index (χ1) is 14.5. The van der Waals surface area contributed by atoms with E-state index in [9.17, 15) is 9.18 Å². The minimum absolute atomic E-state index is 0.150. The van der Waals surface area contributed by atoms with Gasteiger partial charge in [0.2, 0.25) is 0 Å². The topological polar surface area (TPSA) is 74.5 Å². The van der Waals surface area contributed by atoms with E-state index in [0.717, 1.165) is 16.5 Å². The molecule has 8 heteroatoms. The molecule has 4 aromatic rings. The van der Waals surface area contributed by atoms with E-state index in [1.807, 2.05) is 6.92 Å². The van der Waals surface area contributed by atoms with Crippen LogP contribution in [-0.2, 0) is 6.42 Å². The van der Waals surface area contributed by atoms with Crippen LogP contribution in [0.25, 0.3) is 11.0 Å². The van der Waals surface area contributed by atoms with Crippen LogP contribution in [0.5, 0.6) is 17.4 Å². The van der Waals surface area contributed by atoms with E-state index in [-0.39, 0.29) is 5.88 Å². The Labute approximate surface area is 179 Å². The Hall–Kier alpha value is -3.26. The van der Waals surface area contributed by atoms with Gasteiger partial charge in [0, 0.05) is 41.4 Å². The van der Waals surface area contributed by atoms with Crippen LogP contribution in [0.2, 0.25) is 0 Å². The molecule has 1 aromatic carbocycles. The van der Waals surface area contributed by atoms with Crippen LogP contribution >= 0.6 is 15.9 Å². The summed E-state index contributed by atoms with van der Waals surface area (Å²) in [7, 11) is 1.55. The summed E-state index contributed by atoms with van der Waals surface area (Å²) >= 11 is 3.35. The highest BCUT2D eigenvalue weighted by Crippen LogP contribution is 2.31. The fourth-order valence-electron chi connectivity index (χ4n) is 3.20. The largest absolute Gasteiger partial charge is 0.494 e. The third kappa shape index (κ3) is 3.78. The molecular formula is C22H16BrFN2O4. The normalized spacial score (nSPS) is 10.9. The molecule has 0 aliphatic heterocycles. The number of aromatic nitrogens is 2. The molecule has 6 nitrogen and oxygen atoms in total. The van der Waals surface area contributed by atoms with Gasteiger partial charge in [-0.3, -0.25) is 0 Å². The van der Waals surface area contributed by atoms with Gasteiger partial charge in [-0.15, -0.1) is 0 Å². The van der Waals surface area contributed by atoms with E-state index in [4.69, 9.17) is 13.9 Å². The minimum atomic E-state index is -0.581. The summed E-state index contributed by atoms with van der Waals surface area (Å²) in [6.45, 7) is 1.86. The van der Waals surface area contributed by atoms with Gasteiger partial charge in [-0.2, -0.15) is 0 Å². The van der Waals surface area contributed by atoms with Crippen molar-refractivity contribution in [2.45, 2.75) is 13.3 Å². The Morgan fingerprint density at radius 1 is 1.17 bits per heavy atom. The van der Waals surface area contributed by atoms with Gasteiger partial charge in [0.1, 0.15) is 15.9 Å². The molecule has 30 heavy (non-hydrogen) atoms. The number of hydrogen-bond donors (Lipinski definition) is 0. The van der Waals surface area contributed by atoms with Crippen LogP contribution in [0.4, 0.5) is 4.39 Å². The Morgan fingerprint density at radius 2 is 2.00 bits per heavy atom. The maximum Gasteiger partial charge on any atom is 0.340 e. The zero-order chi connectivity index (χ0) is 21.3. The Bertz CT molecular complexity index is 1310. The van der Waals surface area contributed by atoms with Gasteiger partial charge in [0.05, 0.1) is 7.11 Å². The van der Waals surface area contributed by atoms with Crippen molar-refractivity contribution in [3.63, 3.8) is 0 Å². The lowest BCUT2D eigenvalue weighted by Gasteiger charge is -2.12. The zero-order valence-electron chi connectivity index (χ0n) is 16.1. The molecule has 4 rings (SSSR count). The lowest BCUT2D eigenvalue weighted by atomic mass is 10.00. The van der Waals surface area contributed by atoms with Crippen molar-refractivity contribution in [2.24, 2.45) is 0 Å². The van der Waals surface area contributed by atoms with Crippen LogP contribution in [0.3, 0.4) is 0 Å². The van der Waals surface area contributed by atoms with Crippen molar-refractivity contribution in [1.29, 1.82) is 0 Å². The molecule has 3 heterocycles. The first-order valence-electron chi connectivity index (χ1n) is 9.00. The molecule has 0 spiro atoms. The van der Waals surface area contributed by atoms with Crippen molar-refractivity contribution in [1.82, 2.24) is 9.97 Å². The molecule has 0 saturated carbocycles. The molecule has 0 aliphatic rings. The third-order valence-corrected chi connectivity index (χ3v) is 5.28. The molecular weight excluding hydrogens is 455 g/mol. The predicted octanol–water partition coefficient (Wildman–Crippen LogP) is 5.18. The maximum absolute atomic E-state index is 13.8. The average molecular weight is 471 g/mol. The third-order valence-electron chi connectivity index (χ3n) is 4.71. The minimum Gasteiger partial charge on any atom is -0.494 e. The molecule has 0 radical (unpaired) electrons. The van der Waals surface area contributed by atoms with Crippen LogP contribution in [0.15, 0.2) is 62.6 Å². The van der Waals surface area contributed by atoms with Crippen LogP contribution in [0.1, 0.15) is 16.7 Å². The fraction of sp³-hybridized carbons (Fsp3) is 0.136. The van der Waals surface area contributed by atoms with E-state index in [2.05, 4.69) is 25.9 Å². The molecule has 152 valence electrons. The number of aryl methyl sites for hydroxylation is 1. The Kier molecular flexibility index (Phi) is 5.50. The highest BCUT2D eigenvalue weighted by Gasteiger charge is 2.17. The molecule has 0 aliphatic carbocycles. The second kappa shape index (κ2) is 8.23. The van der Waals surface area contributed by atoms with E-state index < -0.39 is 11.4 Å². The summed E-state index contributed by atoms with van der Waals surface area (Å²) in [5.74, 6) is 0.151. The number of fused-ring (bicyclic) bond motifs is 1. The van der Waals surface area contributed by atoms with Crippen molar-refractivity contribution < 1.29 is 18.3 Å². The molecule has 0 amide bonds. The van der Waals surface area contributed by atoms with Crippen molar-refractivity contribution >= 4 is 26.9 Å². The number of rotatable bonds is 5. The number of pyridine rings is 2. The summed E-state index contributed by atoms with van der Waals surface area (Å²) in [5, 5.41) is 0.755. The van der Waals surface area contributed by atoms with Crippen LogP contribution in [-0.4, -0.2) is 17.1 Å². The summed E-state index contributed by atoms with van der Waals surface area (Å²) in [5.41, 5.74) is 1.99. The first-order valence-corrected chi connectivity index (χ1v) is 9.79. The molecule has 0 fully saturated rings. The monoisotopic (exact) mass is 470 g/mol. The van der Waals surface area contributed by atoms with Crippen LogP contribution < -0.4 is 15.1 Å². The summed E-state index contributed by atoms with van der Waals surface area (Å²) < 4.78 is 30.8. The summed E-state index contributed by atoms with van der Waals surface area (Å²) in [6.07, 6.45) is 3.40. The first kappa shape index (κ1) is 20.0. The molecule has 0 bridgehead atoms. The Balaban J connectivity index is 1.73. The lowest BCUT2D eigenvalue weighted by Crippen LogP contribution is -2.11. The van der Waals surface area contributed by atoms with E-state index in [1.54, 1.807) is 37.6 Å². The van der Waals surface area contributed by atoms with Crippen LogP contribution in [0, 0.1) is 12.7 Å². The molecule has 0 unspecified atom stereocenters. The summed E-state index contributed by atoms with van der Waals surface area (Å²) in [4.78, 5) is 20.7. The standard InChI is InChI=1S/C22H16BrFN2O4/c1-12-15-6-5-14(29-21-17(24)4-3-8-26-21)11-18(15)30-22(27)16(12)10-13-7-9-25-20(23)19(13)28-2/h3-9,11H,10H2,1-2H3. The second-order valence-corrected chi connectivity index (χ2v) is 7.27. The molecule has 0 atom stereocenters. The van der Waals surface area contributed by atoms with Gasteiger partial charge < -0.3 is 13.9 Å². The zero-order valence-corrected chi connectivity index (χ0v) is 17.7. The van der Waals surface area contributed by atoms with Gasteiger partial charge in [0.25, 0.3) is 5.88 Å². The number of nitrogens with zero attached hydrogens (tertiary/aromatic N) is 2. The van der Waals surface area contributed by atoms with Crippen molar-refractivity contribution in [2.75, 3.05) is 7.11 Å². The number of hydrogen-bond acceptors (Lipinski definition) is 6. The van der Waals surface area contributed by atoms with Gasteiger partial charge in [-0.25, -0.2) is 19.2 Å². The van der Waals surface area contributed by atoms with Gasteiger partial charge in [-0.05, 0) is 58.7 Å². The fourth-order valence-corrected chi connectivity index (χ4v) is 3.74. The number of ether oxygens (including phenoxy) is 2. The van der Waals surface area contributed by atoms with Crippen molar-refractivity contribution in [3.8, 4) is 17.4 Å². The number of benzene rings is 1. The van der Waals surface area contributed by atoms with Gasteiger partial charge >= 0.3 is 5.63 Å². The quantitative estimate of drug-likeness (QED) is 0.295. The van der Waals surface area contributed by atoms with E-state index in [1.165, 1.54) is 18.3 Å². The lowest BCUT2D eigenvalue weighted by molar-refractivity contribution is 0.405. The molecule has 0 saturated heterocycles. The van der Waals surface area contributed by atoms with Gasteiger partial charge in [-0.1, -0.05) is 0 Å². The van der Waals surface area contributed by atoms with E-state index >= 15 is 0 Å². The highest BCUT2D eigenvalue weighted by atomic mass is 79.9.